The van der Waals surface area contributed by atoms with Gasteiger partial charge in [0.2, 0.25) is 0 Å². The molecule has 2 aromatic rings. The van der Waals surface area contributed by atoms with Crippen LogP contribution in [0.15, 0.2) is 35.5 Å². The average molecular weight is 385 g/mol. The molecule has 2 rings (SSSR count). The summed E-state index contributed by atoms with van der Waals surface area (Å²) in [6.45, 7) is 4.50. The van der Waals surface area contributed by atoms with Gasteiger partial charge in [0.25, 0.3) is 0 Å². The summed E-state index contributed by atoms with van der Waals surface area (Å²) in [6.07, 6.45) is 19.3. The Morgan fingerprint density at radius 3 is 1.93 bits per heavy atom. The first-order chi connectivity index (χ1) is 13.2. The summed E-state index contributed by atoms with van der Waals surface area (Å²) in [6, 6.07) is 6.53. The highest BCUT2D eigenvalue weighted by molar-refractivity contribution is 7.80. The molecule has 2 nitrogen and oxygen atoms in total. The molecule has 0 atom stereocenters. The molecule has 148 valence electrons. The Morgan fingerprint density at radius 1 is 0.704 bits per heavy atom. The van der Waals surface area contributed by atoms with E-state index in [4.69, 9.17) is 12.6 Å². The standard InChI is InChI=1S/C24H36N2S/c1-3-5-7-8-9-10-12-13-20-15-16-22(23(27)17-20)24-25-18-21(19-26-24)14-11-6-4-2/h15-19,27H,3-14H2,1-2H3. The summed E-state index contributed by atoms with van der Waals surface area (Å²) in [5.74, 6) is 0.779. The molecule has 0 amide bonds. The van der Waals surface area contributed by atoms with E-state index in [1.165, 1.54) is 75.3 Å². The second kappa shape index (κ2) is 12.9. The van der Waals surface area contributed by atoms with E-state index in [1.54, 1.807) is 0 Å². The highest BCUT2D eigenvalue weighted by Crippen LogP contribution is 2.25. The van der Waals surface area contributed by atoms with Gasteiger partial charge in [-0.05, 0) is 48.9 Å². The predicted molar refractivity (Wildman–Crippen MR) is 120 cm³/mol. The van der Waals surface area contributed by atoms with Gasteiger partial charge in [0.15, 0.2) is 5.82 Å². The van der Waals surface area contributed by atoms with Crippen molar-refractivity contribution < 1.29 is 0 Å². The summed E-state index contributed by atoms with van der Waals surface area (Å²) < 4.78 is 0. The average Bonchev–Trinajstić information content (AvgIpc) is 2.68. The number of hydrogen-bond acceptors (Lipinski definition) is 3. The van der Waals surface area contributed by atoms with Crippen LogP contribution in [0.3, 0.4) is 0 Å². The molecule has 0 aliphatic carbocycles. The number of unbranched alkanes of at least 4 members (excludes halogenated alkanes) is 8. The van der Waals surface area contributed by atoms with Gasteiger partial charge in [-0.3, -0.25) is 0 Å². The smallest absolute Gasteiger partial charge is 0.160 e. The summed E-state index contributed by atoms with van der Waals surface area (Å²) in [5, 5.41) is 0. The minimum Gasteiger partial charge on any atom is -0.236 e. The molecular weight excluding hydrogens is 348 g/mol. The van der Waals surface area contributed by atoms with E-state index in [0.29, 0.717) is 0 Å². The van der Waals surface area contributed by atoms with Crippen molar-refractivity contribution in [3.8, 4) is 11.4 Å². The summed E-state index contributed by atoms with van der Waals surface area (Å²) in [5.41, 5.74) is 3.62. The third kappa shape index (κ3) is 8.04. The Morgan fingerprint density at radius 2 is 1.26 bits per heavy atom. The van der Waals surface area contributed by atoms with Crippen molar-refractivity contribution in [2.45, 2.75) is 95.8 Å². The number of aryl methyl sites for hydroxylation is 2. The Hall–Kier alpha value is -1.35. The van der Waals surface area contributed by atoms with Gasteiger partial charge in [-0.25, -0.2) is 9.97 Å². The largest absolute Gasteiger partial charge is 0.236 e. The molecule has 0 aliphatic heterocycles. The van der Waals surface area contributed by atoms with Crippen molar-refractivity contribution >= 4 is 12.6 Å². The number of hydrogen-bond donors (Lipinski definition) is 1. The van der Waals surface area contributed by atoms with Crippen molar-refractivity contribution in [2.75, 3.05) is 0 Å². The van der Waals surface area contributed by atoms with Crippen molar-refractivity contribution in [3.63, 3.8) is 0 Å². The molecule has 0 spiro atoms. The summed E-state index contributed by atoms with van der Waals surface area (Å²) in [4.78, 5) is 10.1. The Balaban J connectivity index is 1.83. The molecule has 0 unspecified atom stereocenters. The number of rotatable bonds is 13. The number of thiol groups is 1. The zero-order valence-corrected chi connectivity index (χ0v) is 18.1. The van der Waals surface area contributed by atoms with Crippen molar-refractivity contribution in [1.82, 2.24) is 9.97 Å². The van der Waals surface area contributed by atoms with E-state index in [2.05, 4.69) is 42.0 Å². The van der Waals surface area contributed by atoms with Crippen LogP contribution in [-0.2, 0) is 12.8 Å². The van der Waals surface area contributed by atoms with E-state index in [-0.39, 0.29) is 0 Å². The van der Waals surface area contributed by atoms with Crippen LogP contribution >= 0.6 is 12.6 Å². The van der Waals surface area contributed by atoms with Gasteiger partial charge in [-0.15, -0.1) is 12.6 Å². The van der Waals surface area contributed by atoms with Crippen molar-refractivity contribution in [1.29, 1.82) is 0 Å². The second-order valence-corrected chi connectivity index (χ2v) is 8.08. The van der Waals surface area contributed by atoms with Crippen molar-refractivity contribution in [3.05, 3.63) is 41.7 Å². The molecule has 1 aromatic heterocycles. The van der Waals surface area contributed by atoms with Crippen LogP contribution in [0, 0.1) is 0 Å². The van der Waals surface area contributed by atoms with Gasteiger partial charge >= 0.3 is 0 Å². The normalized spacial score (nSPS) is 11.1. The Bertz CT molecular complexity index is 652. The van der Waals surface area contributed by atoms with Gasteiger partial charge in [0.1, 0.15) is 0 Å². The van der Waals surface area contributed by atoms with Gasteiger partial charge in [0.05, 0.1) is 0 Å². The first-order valence-electron chi connectivity index (χ1n) is 10.9. The molecule has 0 saturated heterocycles. The Kier molecular flexibility index (Phi) is 10.5. The van der Waals surface area contributed by atoms with Crippen LogP contribution in [0.25, 0.3) is 11.4 Å². The van der Waals surface area contributed by atoms with Gasteiger partial charge in [-0.1, -0.05) is 71.3 Å². The van der Waals surface area contributed by atoms with Crippen LogP contribution < -0.4 is 0 Å². The SMILES string of the molecule is CCCCCCCCCc1ccc(-c2ncc(CCCCC)cn2)c(S)c1. The lowest BCUT2D eigenvalue weighted by molar-refractivity contribution is 0.589. The molecule has 0 bridgehead atoms. The fourth-order valence-electron chi connectivity index (χ4n) is 3.41. The van der Waals surface area contributed by atoms with Crippen LogP contribution in [0.1, 0.15) is 89.2 Å². The molecule has 0 N–H and O–H groups in total. The lowest BCUT2D eigenvalue weighted by Crippen LogP contribution is -1.95. The highest BCUT2D eigenvalue weighted by atomic mass is 32.1. The monoisotopic (exact) mass is 384 g/mol. The Labute approximate surface area is 171 Å². The summed E-state index contributed by atoms with van der Waals surface area (Å²) >= 11 is 4.70. The third-order valence-corrected chi connectivity index (χ3v) is 5.52. The molecule has 1 aromatic carbocycles. The zero-order chi connectivity index (χ0) is 19.3. The fourth-order valence-corrected chi connectivity index (χ4v) is 3.75. The van der Waals surface area contributed by atoms with E-state index in [0.717, 1.165) is 29.1 Å². The molecule has 0 fully saturated rings. The molecule has 0 radical (unpaired) electrons. The first kappa shape index (κ1) is 21.9. The maximum atomic E-state index is 4.70. The van der Waals surface area contributed by atoms with Crippen LogP contribution in [0.4, 0.5) is 0 Å². The molecule has 3 heteroatoms. The quantitative estimate of drug-likeness (QED) is 0.286. The van der Waals surface area contributed by atoms with Gasteiger partial charge < -0.3 is 0 Å². The summed E-state index contributed by atoms with van der Waals surface area (Å²) in [7, 11) is 0. The fraction of sp³-hybridized carbons (Fsp3) is 0.583. The number of nitrogens with zero attached hydrogens (tertiary/aromatic N) is 2. The van der Waals surface area contributed by atoms with Gasteiger partial charge in [-0.2, -0.15) is 0 Å². The van der Waals surface area contributed by atoms with Crippen LogP contribution in [-0.4, -0.2) is 9.97 Å². The third-order valence-electron chi connectivity index (χ3n) is 5.15. The maximum Gasteiger partial charge on any atom is 0.160 e. The van der Waals surface area contributed by atoms with Crippen LogP contribution in [0.2, 0.25) is 0 Å². The zero-order valence-electron chi connectivity index (χ0n) is 17.2. The minimum atomic E-state index is 0.779. The lowest BCUT2D eigenvalue weighted by Gasteiger charge is -2.08. The first-order valence-corrected chi connectivity index (χ1v) is 11.3. The van der Waals surface area contributed by atoms with E-state index in [9.17, 15) is 0 Å². The van der Waals surface area contributed by atoms with E-state index < -0.39 is 0 Å². The molecule has 0 saturated carbocycles. The van der Waals surface area contributed by atoms with E-state index >= 15 is 0 Å². The molecular formula is C24H36N2S. The number of benzene rings is 1. The maximum absolute atomic E-state index is 4.70. The molecule has 27 heavy (non-hydrogen) atoms. The predicted octanol–water partition coefficient (Wildman–Crippen LogP) is 7.46. The van der Waals surface area contributed by atoms with Crippen LogP contribution in [0.5, 0.6) is 0 Å². The second-order valence-electron chi connectivity index (χ2n) is 7.59. The molecule has 0 aliphatic rings. The van der Waals surface area contributed by atoms with Gasteiger partial charge in [0, 0.05) is 22.9 Å². The lowest BCUT2D eigenvalue weighted by atomic mass is 10.0. The topological polar surface area (TPSA) is 25.8 Å². The highest BCUT2D eigenvalue weighted by Gasteiger charge is 2.07. The van der Waals surface area contributed by atoms with Crippen molar-refractivity contribution in [2.24, 2.45) is 0 Å². The van der Waals surface area contributed by atoms with E-state index in [1.807, 2.05) is 12.4 Å². The number of aromatic nitrogens is 2. The molecule has 1 heterocycles. The minimum absolute atomic E-state index is 0.779.